The number of pyridine rings is 1. The number of nitrogens with one attached hydrogen (secondary N) is 2. The first-order valence-electron chi connectivity index (χ1n) is 14.4. The van der Waals surface area contributed by atoms with E-state index >= 15 is 0 Å². The minimum atomic E-state index is -5.12. The molecule has 0 aliphatic heterocycles. The number of benzene rings is 1. The molecule has 0 radical (unpaired) electrons. The van der Waals surface area contributed by atoms with Crippen LogP contribution in [-0.2, 0) is 27.9 Å². The molecule has 1 aromatic carbocycles. The second kappa shape index (κ2) is 14.2. The number of carbonyl (C=O) groups is 1. The van der Waals surface area contributed by atoms with Crippen LogP contribution in [0.15, 0.2) is 66.1 Å². The number of hydrogen-bond acceptors (Lipinski definition) is 8. The third-order valence-corrected chi connectivity index (χ3v) is 6.58. The molecule has 0 saturated heterocycles. The summed E-state index contributed by atoms with van der Waals surface area (Å²) in [5.41, 5.74) is -7.22. The lowest BCUT2D eigenvalue weighted by Crippen LogP contribution is -2.45. The molecule has 47 heavy (non-hydrogen) atoms. The molecule has 2 N–H and O–H groups in total. The fourth-order valence-corrected chi connectivity index (χ4v) is 4.34. The van der Waals surface area contributed by atoms with Gasteiger partial charge in [-0.15, -0.1) is 23.4 Å². The lowest BCUT2D eigenvalue weighted by atomic mass is 9.98. The van der Waals surface area contributed by atoms with Gasteiger partial charge in [0, 0.05) is 12.0 Å². The van der Waals surface area contributed by atoms with Crippen molar-refractivity contribution >= 4 is 17.6 Å². The number of amides is 1. The molecule has 9 nitrogen and oxygen atoms in total. The smallest absolute Gasteiger partial charge is 0.426 e. The third-order valence-electron chi connectivity index (χ3n) is 6.58. The van der Waals surface area contributed by atoms with Gasteiger partial charge in [0.1, 0.15) is 11.4 Å². The summed E-state index contributed by atoms with van der Waals surface area (Å²) >= 11 is 0. The lowest BCUT2D eigenvalue weighted by Gasteiger charge is -2.31. The molecular formula is C32H37F6N5O4. The molecule has 0 spiro atoms. The van der Waals surface area contributed by atoms with Crippen LogP contribution >= 0.6 is 0 Å². The van der Waals surface area contributed by atoms with Gasteiger partial charge in [-0.1, -0.05) is 42.5 Å². The minimum absolute atomic E-state index is 0.349. The average Bonchev–Trinajstić information content (AvgIpc) is 3.43. The molecule has 3 rings (SSSR count). The summed E-state index contributed by atoms with van der Waals surface area (Å²) in [5.74, 6) is -2.47. The summed E-state index contributed by atoms with van der Waals surface area (Å²) in [6.45, 7) is 14.4. The molecule has 1 atom stereocenters. The van der Waals surface area contributed by atoms with E-state index in [1.807, 2.05) is 0 Å². The molecular weight excluding hydrogens is 632 g/mol. The molecule has 0 saturated carbocycles. The number of alkyl halides is 6. The number of allylic oxidation sites excluding steroid dienone is 1. The van der Waals surface area contributed by atoms with Gasteiger partial charge in [0.05, 0.1) is 17.9 Å². The molecule has 0 aliphatic carbocycles. The zero-order valence-electron chi connectivity index (χ0n) is 26.6. The van der Waals surface area contributed by atoms with Crippen LogP contribution in [0.5, 0.6) is 0 Å². The van der Waals surface area contributed by atoms with Crippen molar-refractivity contribution in [3.63, 3.8) is 0 Å². The summed E-state index contributed by atoms with van der Waals surface area (Å²) < 4.78 is 104. The van der Waals surface area contributed by atoms with E-state index in [9.17, 15) is 31.1 Å². The molecule has 3 aromatic rings. The molecule has 0 fully saturated rings. The van der Waals surface area contributed by atoms with Crippen molar-refractivity contribution in [1.82, 2.24) is 15.2 Å². The Bertz CT molecular complexity index is 1550. The number of halogens is 6. The van der Waals surface area contributed by atoms with Crippen LogP contribution in [0, 0.1) is 0 Å². The predicted molar refractivity (Wildman–Crippen MR) is 163 cm³/mol. The molecule has 0 aliphatic rings. The predicted octanol–water partition coefficient (Wildman–Crippen LogP) is 9.20. The Morgan fingerprint density at radius 1 is 0.979 bits per heavy atom. The van der Waals surface area contributed by atoms with Crippen molar-refractivity contribution in [2.75, 3.05) is 10.6 Å². The van der Waals surface area contributed by atoms with Crippen molar-refractivity contribution in [3.05, 3.63) is 78.7 Å². The van der Waals surface area contributed by atoms with E-state index in [0.29, 0.717) is 24.5 Å². The standard InChI is InChI=1S/C32H37F6N5O4/c1-8-10-17-29(6,7)41-24-21(31(33,34)35)18-22(39-27(44)47-28(3,4)5)23(40-24)25-42-43-26(46-25)30(16-9-2,32(36,37)38)45-19-20-14-12-11-13-15-20/h8-9,11-15,18H,1-2,10,16-17,19H2,3-7H3,(H,39,44)(H,40,41)/t30-/m1/s1. The highest BCUT2D eigenvalue weighted by Gasteiger charge is 2.61. The van der Waals surface area contributed by atoms with Crippen molar-refractivity contribution in [2.45, 2.75) is 89.6 Å². The number of carbonyl (C=O) groups excluding carboxylic acids is 1. The van der Waals surface area contributed by atoms with E-state index in [2.05, 4.69) is 39.0 Å². The van der Waals surface area contributed by atoms with Crippen LogP contribution in [0.25, 0.3) is 11.6 Å². The van der Waals surface area contributed by atoms with Crippen LogP contribution in [0.3, 0.4) is 0 Å². The number of hydrogen-bond donors (Lipinski definition) is 2. The van der Waals surface area contributed by atoms with E-state index in [0.717, 1.165) is 6.08 Å². The summed E-state index contributed by atoms with van der Waals surface area (Å²) in [6.07, 6.45) is -8.76. The van der Waals surface area contributed by atoms with E-state index < -0.39 is 82.8 Å². The molecule has 2 heterocycles. The first-order valence-corrected chi connectivity index (χ1v) is 14.4. The number of ether oxygens (including phenoxy) is 2. The van der Waals surface area contributed by atoms with Crippen LogP contribution in [-0.4, -0.2) is 38.6 Å². The van der Waals surface area contributed by atoms with Crippen molar-refractivity contribution < 1.29 is 45.0 Å². The van der Waals surface area contributed by atoms with Gasteiger partial charge in [-0.25, -0.2) is 9.78 Å². The van der Waals surface area contributed by atoms with Crippen molar-refractivity contribution in [2.24, 2.45) is 0 Å². The largest absolute Gasteiger partial charge is 0.444 e. The Balaban J connectivity index is 2.24. The second-order valence-corrected chi connectivity index (χ2v) is 12.2. The Kier molecular flexibility index (Phi) is 11.2. The topological polar surface area (TPSA) is 111 Å². The first-order chi connectivity index (χ1) is 21.7. The fourth-order valence-electron chi connectivity index (χ4n) is 4.34. The van der Waals surface area contributed by atoms with Crippen LogP contribution in [0.1, 0.15) is 70.9 Å². The number of anilines is 2. The fraction of sp³-hybridized carbons (Fsp3) is 0.438. The lowest BCUT2D eigenvalue weighted by molar-refractivity contribution is -0.295. The highest BCUT2D eigenvalue weighted by molar-refractivity contribution is 5.90. The maximum atomic E-state index is 14.8. The van der Waals surface area contributed by atoms with Crippen LogP contribution in [0.4, 0.5) is 42.6 Å². The zero-order valence-corrected chi connectivity index (χ0v) is 26.6. The number of aromatic nitrogens is 3. The normalized spacial score (nSPS) is 13.9. The van der Waals surface area contributed by atoms with E-state index in [1.165, 1.54) is 20.8 Å². The second-order valence-electron chi connectivity index (χ2n) is 12.2. The monoisotopic (exact) mass is 669 g/mol. The molecule has 2 aromatic heterocycles. The molecule has 1 amide bonds. The van der Waals surface area contributed by atoms with Crippen LogP contribution in [0.2, 0.25) is 0 Å². The van der Waals surface area contributed by atoms with Gasteiger partial charge >= 0.3 is 18.4 Å². The Hall–Kier alpha value is -4.40. The first kappa shape index (κ1) is 37.1. The van der Waals surface area contributed by atoms with Crippen LogP contribution < -0.4 is 10.6 Å². The SMILES string of the molecule is C=CCCC(C)(C)Nc1nc(-c2nnc([C@@](CC=C)(OCc3ccccc3)C(F)(F)F)o2)c(NC(=O)OC(C)(C)C)cc1C(F)(F)F. The summed E-state index contributed by atoms with van der Waals surface area (Å²) in [4.78, 5) is 16.8. The van der Waals surface area contributed by atoms with E-state index in [1.54, 1.807) is 50.3 Å². The quantitative estimate of drug-likeness (QED) is 0.137. The summed E-state index contributed by atoms with van der Waals surface area (Å²) in [7, 11) is 0. The molecule has 15 heteroatoms. The van der Waals surface area contributed by atoms with E-state index in [4.69, 9.17) is 13.9 Å². The highest BCUT2D eigenvalue weighted by atomic mass is 19.4. The van der Waals surface area contributed by atoms with Gasteiger partial charge in [-0.3, -0.25) is 5.32 Å². The average molecular weight is 670 g/mol. The Morgan fingerprint density at radius 2 is 1.64 bits per heavy atom. The molecule has 0 bridgehead atoms. The van der Waals surface area contributed by atoms with Crippen molar-refractivity contribution in [1.29, 1.82) is 0 Å². The van der Waals surface area contributed by atoms with Gasteiger partial charge in [-0.2, -0.15) is 26.3 Å². The maximum absolute atomic E-state index is 14.8. The van der Waals surface area contributed by atoms with Gasteiger partial charge in [0.15, 0.2) is 5.69 Å². The third kappa shape index (κ3) is 9.56. The molecule has 256 valence electrons. The Morgan fingerprint density at radius 3 is 2.19 bits per heavy atom. The van der Waals surface area contributed by atoms with Gasteiger partial charge in [0.25, 0.3) is 11.8 Å². The summed E-state index contributed by atoms with van der Waals surface area (Å²) in [6, 6.07) is 8.59. The minimum Gasteiger partial charge on any atom is -0.444 e. The molecule has 0 unspecified atom stereocenters. The van der Waals surface area contributed by atoms with Gasteiger partial charge in [-0.05, 0) is 59.1 Å². The maximum Gasteiger partial charge on any atom is 0.426 e. The van der Waals surface area contributed by atoms with Gasteiger partial charge in [0.2, 0.25) is 5.60 Å². The highest BCUT2D eigenvalue weighted by Crippen LogP contribution is 2.47. The Labute approximate surface area is 268 Å². The van der Waals surface area contributed by atoms with Crippen molar-refractivity contribution in [3.8, 4) is 11.6 Å². The number of rotatable bonds is 13. The zero-order chi connectivity index (χ0) is 35.3. The van der Waals surface area contributed by atoms with E-state index in [-0.39, 0.29) is 0 Å². The summed E-state index contributed by atoms with van der Waals surface area (Å²) in [5, 5.41) is 12.3. The number of nitrogens with zero attached hydrogens (tertiary/aromatic N) is 3. The van der Waals surface area contributed by atoms with Gasteiger partial charge < -0.3 is 19.2 Å².